The maximum Gasteiger partial charge on any atom is 0.225 e. The molecule has 2 aliphatic rings. The second-order valence-electron chi connectivity index (χ2n) is 7.60. The summed E-state index contributed by atoms with van der Waals surface area (Å²) in [6.07, 6.45) is 4.10. The van der Waals surface area contributed by atoms with Crippen LogP contribution in [0.2, 0.25) is 0 Å². The molecule has 3 heteroatoms. The molecule has 1 saturated carbocycles. The number of carbonyl (C=O) groups excluding carboxylic acids is 1. The van der Waals surface area contributed by atoms with E-state index in [1.165, 1.54) is 6.42 Å². The Hall–Kier alpha value is -0.570. The van der Waals surface area contributed by atoms with Crippen molar-refractivity contribution >= 4 is 5.91 Å². The summed E-state index contributed by atoms with van der Waals surface area (Å²) in [5, 5.41) is 0. The molecular formula is C16H29NO2. The molecule has 1 aliphatic carbocycles. The maximum absolute atomic E-state index is 12.3. The largest absolute Gasteiger partial charge is 0.372 e. The van der Waals surface area contributed by atoms with Gasteiger partial charge >= 0.3 is 0 Å². The van der Waals surface area contributed by atoms with E-state index in [1.807, 2.05) is 11.8 Å². The molecule has 1 amide bonds. The van der Waals surface area contributed by atoms with Crippen molar-refractivity contribution in [1.29, 1.82) is 0 Å². The smallest absolute Gasteiger partial charge is 0.225 e. The third-order valence-corrected chi connectivity index (χ3v) is 5.14. The van der Waals surface area contributed by atoms with Crippen LogP contribution < -0.4 is 0 Å². The van der Waals surface area contributed by atoms with Gasteiger partial charge in [0.15, 0.2) is 0 Å². The van der Waals surface area contributed by atoms with Crippen LogP contribution in [0.3, 0.4) is 0 Å². The molecule has 19 heavy (non-hydrogen) atoms. The molecule has 2 fully saturated rings. The van der Waals surface area contributed by atoms with E-state index in [0.29, 0.717) is 12.3 Å². The third-order valence-electron chi connectivity index (χ3n) is 5.14. The number of carbonyl (C=O) groups is 1. The lowest BCUT2D eigenvalue weighted by molar-refractivity contribution is -0.145. The van der Waals surface area contributed by atoms with Crippen LogP contribution in [0.4, 0.5) is 0 Å². The Bertz CT molecular complexity index is 347. The van der Waals surface area contributed by atoms with E-state index in [1.54, 1.807) is 0 Å². The van der Waals surface area contributed by atoms with Crippen molar-refractivity contribution in [3.05, 3.63) is 0 Å². The molecular weight excluding hydrogens is 238 g/mol. The quantitative estimate of drug-likeness (QED) is 0.782. The lowest BCUT2D eigenvalue weighted by Gasteiger charge is -2.40. The Morgan fingerprint density at radius 2 is 2.00 bits per heavy atom. The molecule has 2 atom stereocenters. The van der Waals surface area contributed by atoms with Gasteiger partial charge in [0, 0.05) is 13.1 Å². The molecule has 0 radical (unpaired) electrons. The molecule has 0 aromatic carbocycles. The van der Waals surface area contributed by atoms with Gasteiger partial charge in [-0.05, 0) is 44.4 Å². The minimum absolute atomic E-state index is 0.0387. The van der Waals surface area contributed by atoms with Crippen LogP contribution in [0.25, 0.3) is 0 Å². The fraction of sp³-hybridized carbons (Fsp3) is 0.938. The van der Waals surface area contributed by atoms with Gasteiger partial charge in [-0.1, -0.05) is 20.8 Å². The summed E-state index contributed by atoms with van der Waals surface area (Å²) < 4.78 is 6.04. The normalized spacial score (nSPS) is 29.9. The summed E-state index contributed by atoms with van der Waals surface area (Å²) in [5.74, 6) is 0.838. The van der Waals surface area contributed by atoms with E-state index in [-0.39, 0.29) is 23.0 Å². The maximum atomic E-state index is 12.3. The fourth-order valence-corrected chi connectivity index (χ4v) is 3.17. The zero-order chi connectivity index (χ0) is 14.3. The van der Waals surface area contributed by atoms with Crippen molar-refractivity contribution in [2.75, 3.05) is 13.1 Å². The standard InChI is InChI=1S/C16H29NO2/c1-12-10-17(11-15(12,3)4)14(18)9-13(2)19-16(5)7-6-8-16/h12-13H,6-11H2,1-5H3/t12?,13-/m1/s1. The highest BCUT2D eigenvalue weighted by molar-refractivity contribution is 5.77. The van der Waals surface area contributed by atoms with Crippen LogP contribution >= 0.6 is 0 Å². The predicted octanol–water partition coefficient (Wildman–Crippen LogP) is 3.23. The Morgan fingerprint density at radius 1 is 1.37 bits per heavy atom. The highest BCUT2D eigenvalue weighted by Crippen LogP contribution is 2.37. The highest BCUT2D eigenvalue weighted by Gasteiger charge is 2.39. The average molecular weight is 267 g/mol. The zero-order valence-corrected chi connectivity index (χ0v) is 13.2. The van der Waals surface area contributed by atoms with Crippen LogP contribution in [0.5, 0.6) is 0 Å². The molecule has 0 aromatic rings. The number of amides is 1. The van der Waals surface area contributed by atoms with Crippen molar-refractivity contribution in [3.63, 3.8) is 0 Å². The Balaban J connectivity index is 1.81. The van der Waals surface area contributed by atoms with Crippen LogP contribution in [0, 0.1) is 11.3 Å². The topological polar surface area (TPSA) is 29.5 Å². The molecule has 3 nitrogen and oxygen atoms in total. The molecule has 110 valence electrons. The van der Waals surface area contributed by atoms with Crippen molar-refractivity contribution in [2.24, 2.45) is 11.3 Å². The number of hydrogen-bond donors (Lipinski definition) is 0. The molecule has 1 saturated heterocycles. The van der Waals surface area contributed by atoms with Gasteiger partial charge in [0.1, 0.15) is 0 Å². The second kappa shape index (κ2) is 5.08. The first-order valence-electron chi connectivity index (χ1n) is 7.67. The van der Waals surface area contributed by atoms with Crippen molar-refractivity contribution < 1.29 is 9.53 Å². The van der Waals surface area contributed by atoms with Gasteiger partial charge in [-0.15, -0.1) is 0 Å². The lowest BCUT2D eigenvalue weighted by atomic mass is 9.81. The van der Waals surface area contributed by atoms with Crippen LogP contribution in [0.1, 0.15) is 60.3 Å². The first kappa shape index (κ1) is 14.8. The van der Waals surface area contributed by atoms with Crippen LogP contribution in [-0.2, 0) is 9.53 Å². The Labute approximate surface area is 117 Å². The molecule has 1 aliphatic heterocycles. The fourth-order valence-electron chi connectivity index (χ4n) is 3.17. The van der Waals surface area contributed by atoms with E-state index < -0.39 is 0 Å². The van der Waals surface area contributed by atoms with E-state index in [4.69, 9.17) is 4.74 Å². The highest BCUT2D eigenvalue weighted by atomic mass is 16.5. The number of nitrogens with zero attached hydrogens (tertiary/aromatic N) is 1. The summed E-state index contributed by atoms with van der Waals surface area (Å²) in [5.41, 5.74) is 0.289. The van der Waals surface area contributed by atoms with E-state index in [2.05, 4.69) is 27.7 Å². The van der Waals surface area contributed by atoms with Gasteiger partial charge in [-0.25, -0.2) is 0 Å². The predicted molar refractivity (Wildman–Crippen MR) is 76.9 cm³/mol. The number of likely N-dealkylation sites (tertiary alicyclic amines) is 1. The SMILES string of the molecule is CC1CN(C(=O)C[C@@H](C)OC2(C)CCC2)CC1(C)C. The second-order valence-corrected chi connectivity index (χ2v) is 7.60. The van der Waals surface area contributed by atoms with Crippen LogP contribution in [-0.4, -0.2) is 35.6 Å². The molecule has 0 bridgehead atoms. The monoisotopic (exact) mass is 267 g/mol. The van der Waals surface area contributed by atoms with Crippen molar-refractivity contribution in [3.8, 4) is 0 Å². The molecule has 2 rings (SSSR count). The average Bonchev–Trinajstić information content (AvgIpc) is 2.51. The van der Waals surface area contributed by atoms with E-state index in [9.17, 15) is 4.79 Å². The minimum Gasteiger partial charge on any atom is -0.372 e. The van der Waals surface area contributed by atoms with Gasteiger partial charge in [0.05, 0.1) is 18.1 Å². The summed E-state index contributed by atoms with van der Waals surface area (Å²) in [7, 11) is 0. The third kappa shape index (κ3) is 3.31. The number of hydrogen-bond acceptors (Lipinski definition) is 2. The molecule has 0 N–H and O–H groups in total. The van der Waals surface area contributed by atoms with Gasteiger partial charge in [0.2, 0.25) is 5.91 Å². The summed E-state index contributed by atoms with van der Waals surface area (Å²) in [6.45, 7) is 12.7. The van der Waals surface area contributed by atoms with Gasteiger partial charge in [0.25, 0.3) is 0 Å². The van der Waals surface area contributed by atoms with Crippen molar-refractivity contribution in [1.82, 2.24) is 4.90 Å². The van der Waals surface area contributed by atoms with Gasteiger partial charge in [-0.2, -0.15) is 0 Å². The Kier molecular flexibility index (Phi) is 3.97. The zero-order valence-electron chi connectivity index (χ0n) is 13.2. The first-order valence-corrected chi connectivity index (χ1v) is 7.67. The minimum atomic E-state index is 0.0387. The van der Waals surface area contributed by atoms with Gasteiger partial charge in [-0.3, -0.25) is 4.79 Å². The van der Waals surface area contributed by atoms with Gasteiger partial charge < -0.3 is 9.64 Å². The summed E-state index contributed by atoms with van der Waals surface area (Å²) in [6, 6.07) is 0. The summed E-state index contributed by atoms with van der Waals surface area (Å²) >= 11 is 0. The van der Waals surface area contributed by atoms with Crippen LogP contribution in [0.15, 0.2) is 0 Å². The first-order chi connectivity index (χ1) is 8.72. The molecule has 0 spiro atoms. The molecule has 1 unspecified atom stereocenters. The summed E-state index contributed by atoms with van der Waals surface area (Å²) in [4.78, 5) is 14.3. The van der Waals surface area contributed by atoms with E-state index in [0.717, 1.165) is 25.9 Å². The van der Waals surface area contributed by atoms with E-state index >= 15 is 0 Å². The lowest BCUT2D eigenvalue weighted by Crippen LogP contribution is -2.41. The molecule has 0 aromatic heterocycles. The molecule has 1 heterocycles. The number of ether oxygens (including phenoxy) is 1. The Morgan fingerprint density at radius 3 is 2.42 bits per heavy atom. The van der Waals surface area contributed by atoms with Crippen molar-refractivity contribution in [2.45, 2.75) is 72.0 Å². The number of rotatable bonds is 4.